The molecule has 0 saturated carbocycles. The van der Waals surface area contributed by atoms with Crippen LogP contribution in [-0.4, -0.2) is 37.2 Å². The SMILES string of the molecule is CC/C=C\C/C=C\C/C=C\C/C=C\C/C=C\CCCCCCCC(=O)OCC(COC(=O)CCCCCCC/C=C\C/C=C\CCCCC)OC(=O)CCCCCCCCC/C=C\C/C=C\CCCCCC. The smallest absolute Gasteiger partial charge is 0.306 e. The molecule has 0 aromatic carbocycles. The molecule has 0 fully saturated rings. The predicted octanol–water partition coefficient (Wildman–Crippen LogP) is 20.3. The third-order valence-corrected chi connectivity index (χ3v) is 12.5. The topological polar surface area (TPSA) is 78.9 Å². The summed E-state index contributed by atoms with van der Waals surface area (Å²) in [7, 11) is 0. The molecule has 1 atom stereocenters. The van der Waals surface area contributed by atoms with Crippen molar-refractivity contribution in [3.05, 3.63) is 109 Å². The van der Waals surface area contributed by atoms with Crippen LogP contribution in [0, 0.1) is 0 Å². The van der Waals surface area contributed by atoms with E-state index in [4.69, 9.17) is 14.2 Å². The van der Waals surface area contributed by atoms with Crippen LogP contribution in [0.25, 0.3) is 0 Å². The van der Waals surface area contributed by atoms with Crippen molar-refractivity contribution in [3.63, 3.8) is 0 Å². The Kier molecular flexibility index (Phi) is 56.4. The molecule has 0 radical (unpaired) electrons. The van der Waals surface area contributed by atoms with Crippen LogP contribution >= 0.6 is 0 Å². The fourth-order valence-electron chi connectivity index (χ4n) is 8.00. The molecule has 0 N–H and O–H groups in total. The van der Waals surface area contributed by atoms with Gasteiger partial charge >= 0.3 is 17.9 Å². The zero-order chi connectivity index (χ0) is 52.2. The predicted molar refractivity (Wildman–Crippen MR) is 311 cm³/mol. The molecule has 6 heteroatoms. The fraction of sp³-hybridized carbons (Fsp3) is 0.682. The first-order chi connectivity index (χ1) is 35.5. The molecular weight excluding hydrogens is 889 g/mol. The number of esters is 3. The molecular formula is C66H110O6. The first-order valence-corrected chi connectivity index (χ1v) is 29.9. The summed E-state index contributed by atoms with van der Waals surface area (Å²) in [6, 6.07) is 0. The van der Waals surface area contributed by atoms with Crippen LogP contribution in [0.5, 0.6) is 0 Å². The van der Waals surface area contributed by atoms with Gasteiger partial charge in [0, 0.05) is 19.3 Å². The lowest BCUT2D eigenvalue weighted by Gasteiger charge is -2.18. The number of rotatable bonds is 53. The van der Waals surface area contributed by atoms with Gasteiger partial charge in [0.25, 0.3) is 0 Å². The lowest BCUT2D eigenvalue weighted by atomic mass is 10.1. The minimum absolute atomic E-state index is 0.0962. The summed E-state index contributed by atoms with van der Waals surface area (Å²) in [5, 5.41) is 0. The maximum Gasteiger partial charge on any atom is 0.306 e. The first kappa shape index (κ1) is 68.1. The van der Waals surface area contributed by atoms with Gasteiger partial charge in [0.1, 0.15) is 13.2 Å². The van der Waals surface area contributed by atoms with Crippen LogP contribution in [-0.2, 0) is 28.6 Å². The third-order valence-electron chi connectivity index (χ3n) is 12.5. The lowest BCUT2D eigenvalue weighted by molar-refractivity contribution is -0.167. The Hall–Kier alpha value is -3.93. The average molecular weight is 1000 g/mol. The molecule has 0 rings (SSSR count). The highest BCUT2D eigenvalue weighted by molar-refractivity contribution is 5.71. The van der Waals surface area contributed by atoms with Crippen molar-refractivity contribution in [2.24, 2.45) is 0 Å². The summed E-state index contributed by atoms with van der Waals surface area (Å²) in [5.74, 6) is -0.933. The highest BCUT2D eigenvalue weighted by atomic mass is 16.6. The van der Waals surface area contributed by atoms with Crippen LogP contribution < -0.4 is 0 Å². The van der Waals surface area contributed by atoms with Crippen LogP contribution in [0.3, 0.4) is 0 Å². The minimum atomic E-state index is -0.799. The summed E-state index contributed by atoms with van der Waals surface area (Å²) in [4.78, 5) is 38.2. The standard InChI is InChI=1S/C66H110O6/c1-4-7-10-13-16-19-22-25-28-30-32-33-34-36-38-41-44-47-50-53-56-59-65(68)71-62-63(61-70-64(67)58-55-52-49-46-43-40-37-27-24-21-18-15-12-9-6-3)72-66(69)60-57-54-51-48-45-42-39-35-31-29-26-23-20-17-14-11-8-5-2/h7,10,16,18-21,23,25,27-29,31-33,36-38,63H,4-6,8-9,11-15,17,22,24,26,30,34-35,39-62H2,1-3H3/b10-7-,19-16-,21-18-,23-20-,28-25-,31-29-,33-32-,37-27-,38-36-. The van der Waals surface area contributed by atoms with Crippen LogP contribution in [0.15, 0.2) is 109 Å². The van der Waals surface area contributed by atoms with Crippen molar-refractivity contribution in [2.45, 2.75) is 277 Å². The van der Waals surface area contributed by atoms with Crippen molar-refractivity contribution in [1.82, 2.24) is 0 Å². The van der Waals surface area contributed by atoms with E-state index in [0.29, 0.717) is 19.3 Å². The number of hydrogen-bond donors (Lipinski definition) is 0. The van der Waals surface area contributed by atoms with Gasteiger partial charge in [-0.25, -0.2) is 0 Å². The van der Waals surface area contributed by atoms with Crippen LogP contribution in [0.1, 0.15) is 271 Å². The van der Waals surface area contributed by atoms with Gasteiger partial charge in [0.05, 0.1) is 0 Å². The maximum absolute atomic E-state index is 12.9. The molecule has 0 aliphatic heterocycles. The molecule has 0 saturated heterocycles. The number of carbonyl (C=O) groups excluding carboxylic acids is 3. The lowest BCUT2D eigenvalue weighted by Crippen LogP contribution is -2.30. The Bertz CT molecular complexity index is 1470. The fourth-order valence-corrected chi connectivity index (χ4v) is 8.00. The van der Waals surface area contributed by atoms with E-state index in [9.17, 15) is 14.4 Å². The molecule has 1 unspecified atom stereocenters. The highest BCUT2D eigenvalue weighted by Gasteiger charge is 2.19. The second-order valence-electron chi connectivity index (χ2n) is 19.5. The van der Waals surface area contributed by atoms with Gasteiger partial charge in [0.15, 0.2) is 6.10 Å². The zero-order valence-corrected chi connectivity index (χ0v) is 46.9. The molecule has 0 aromatic heterocycles. The van der Waals surface area contributed by atoms with E-state index in [1.54, 1.807) is 0 Å². The van der Waals surface area contributed by atoms with E-state index in [1.165, 1.54) is 83.5 Å². The number of ether oxygens (including phenoxy) is 3. The van der Waals surface area contributed by atoms with Gasteiger partial charge in [0.2, 0.25) is 0 Å². The normalized spacial score (nSPS) is 12.9. The summed E-state index contributed by atoms with van der Waals surface area (Å²) in [6.07, 6.45) is 80.7. The van der Waals surface area contributed by atoms with Gasteiger partial charge in [-0.3, -0.25) is 14.4 Å². The Morgan fingerprint density at radius 3 is 0.875 bits per heavy atom. The molecule has 410 valence electrons. The minimum Gasteiger partial charge on any atom is -0.462 e. The number of hydrogen-bond acceptors (Lipinski definition) is 6. The molecule has 0 heterocycles. The molecule has 0 amide bonds. The Morgan fingerprint density at radius 1 is 0.292 bits per heavy atom. The van der Waals surface area contributed by atoms with Gasteiger partial charge < -0.3 is 14.2 Å². The summed E-state index contributed by atoms with van der Waals surface area (Å²) in [6.45, 7) is 6.46. The maximum atomic E-state index is 12.9. The van der Waals surface area contributed by atoms with E-state index >= 15 is 0 Å². The summed E-state index contributed by atoms with van der Waals surface area (Å²) < 4.78 is 16.9. The van der Waals surface area contributed by atoms with E-state index in [1.807, 2.05) is 0 Å². The van der Waals surface area contributed by atoms with E-state index in [-0.39, 0.29) is 31.1 Å². The van der Waals surface area contributed by atoms with Crippen molar-refractivity contribution in [1.29, 1.82) is 0 Å². The summed E-state index contributed by atoms with van der Waals surface area (Å²) >= 11 is 0. The molecule has 72 heavy (non-hydrogen) atoms. The monoisotopic (exact) mass is 999 g/mol. The van der Waals surface area contributed by atoms with Gasteiger partial charge in [-0.2, -0.15) is 0 Å². The Labute approximate surface area is 444 Å². The average Bonchev–Trinajstić information content (AvgIpc) is 3.38. The molecule has 0 spiro atoms. The quantitative estimate of drug-likeness (QED) is 0.0261. The van der Waals surface area contributed by atoms with Crippen molar-refractivity contribution < 1.29 is 28.6 Å². The Balaban J connectivity index is 4.46. The molecule has 0 aliphatic carbocycles. The summed E-state index contributed by atoms with van der Waals surface area (Å²) in [5.41, 5.74) is 0. The van der Waals surface area contributed by atoms with E-state index in [2.05, 4.69) is 130 Å². The first-order valence-electron chi connectivity index (χ1n) is 29.9. The molecule has 0 bridgehead atoms. The molecule has 6 nitrogen and oxygen atoms in total. The van der Waals surface area contributed by atoms with Crippen molar-refractivity contribution in [3.8, 4) is 0 Å². The number of allylic oxidation sites excluding steroid dienone is 18. The molecule has 0 aromatic rings. The van der Waals surface area contributed by atoms with Gasteiger partial charge in [-0.1, -0.05) is 233 Å². The van der Waals surface area contributed by atoms with E-state index < -0.39 is 6.10 Å². The van der Waals surface area contributed by atoms with Crippen molar-refractivity contribution >= 4 is 17.9 Å². The van der Waals surface area contributed by atoms with Crippen LogP contribution in [0.4, 0.5) is 0 Å². The van der Waals surface area contributed by atoms with Crippen LogP contribution in [0.2, 0.25) is 0 Å². The Morgan fingerprint density at radius 2 is 0.542 bits per heavy atom. The highest BCUT2D eigenvalue weighted by Crippen LogP contribution is 2.14. The van der Waals surface area contributed by atoms with Gasteiger partial charge in [-0.05, 0) is 128 Å². The van der Waals surface area contributed by atoms with E-state index in [0.717, 1.165) is 148 Å². The number of carbonyl (C=O) groups is 3. The second kappa shape index (κ2) is 59.6. The molecule has 0 aliphatic rings. The number of unbranched alkanes of at least 4 members (excludes halogenated alkanes) is 24. The van der Waals surface area contributed by atoms with Gasteiger partial charge in [-0.15, -0.1) is 0 Å². The zero-order valence-electron chi connectivity index (χ0n) is 46.9. The third kappa shape index (κ3) is 57.0. The second-order valence-corrected chi connectivity index (χ2v) is 19.5. The largest absolute Gasteiger partial charge is 0.462 e. The van der Waals surface area contributed by atoms with Crippen molar-refractivity contribution in [2.75, 3.05) is 13.2 Å².